The fraction of sp³-hybridized carbons (Fsp3) is 0.818. The van der Waals surface area contributed by atoms with Crippen molar-refractivity contribution in [2.75, 3.05) is 12.0 Å². The van der Waals surface area contributed by atoms with Crippen LogP contribution in [-0.2, 0) is 9.59 Å². The van der Waals surface area contributed by atoms with Crippen molar-refractivity contribution in [2.24, 2.45) is 0 Å². The normalized spacial score (nSPS) is 10.1. The summed E-state index contributed by atoms with van der Waals surface area (Å²) >= 11 is 1.59. The number of unbranched alkanes of at least 4 members (excludes halogenated alkanes) is 3. The van der Waals surface area contributed by atoms with Crippen molar-refractivity contribution in [1.82, 2.24) is 0 Å². The van der Waals surface area contributed by atoms with Crippen LogP contribution in [0.25, 0.3) is 0 Å². The van der Waals surface area contributed by atoms with Gasteiger partial charge >= 0.3 is 0 Å². The van der Waals surface area contributed by atoms with Crippen molar-refractivity contribution < 1.29 is 9.59 Å². The molecule has 14 heavy (non-hydrogen) atoms. The summed E-state index contributed by atoms with van der Waals surface area (Å²) in [5.74, 6) is 1.26. The van der Waals surface area contributed by atoms with E-state index in [1.807, 2.05) is 6.26 Å². The molecule has 0 aliphatic rings. The number of rotatable bonds is 9. The molecule has 0 saturated carbocycles. The van der Waals surface area contributed by atoms with Gasteiger partial charge in [-0.1, -0.05) is 12.8 Å². The standard InChI is InChI=1S/C11H20O2S/c1-10(12)7-5-3-4-6-8-11(13)9-14-2/h3-9H2,1-2H3. The van der Waals surface area contributed by atoms with Crippen LogP contribution < -0.4 is 0 Å². The zero-order valence-electron chi connectivity index (χ0n) is 9.17. The van der Waals surface area contributed by atoms with E-state index in [1.165, 1.54) is 0 Å². The SMILES string of the molecule is CSCC(=O)CCCCCCC(C)=O. The molecule has 3 heteroatoms. The predicted molar refractivity (Wildman–Crippen MR) is 61.8 cm³/mol. The lowest BCUT2D eigenvalue weighted by molar-refractivity contribution is -0.118. The summed E-state index contributed by atoms with van der Waals surface area (Å²) in [5.41, 5.74) is 0. The summed E-state index contributed by atoms with van der Waals surface area (Å²) in [6.45, 7) is 1.63. The molecule has 0 aromatic rings. The quantitative estimate of drug-likeness (QED) is 0.556. The van der Waals surface area contributed by atoms with Crippen molar-refractivity contribution in [3.05, 3.63) is 0 Å². The molecule has 0 fully saturated rings. The van der Waals surface area contributed by atoms with Gasteiger partial charge in [-0.3, -0.25) is 4.79 Å². The minimum absolute atomic E-state index is 0.267. The molecular formula is C11H20O2S. The first kappa shape index (κ1) is 13.7. The van der Waals surface area contributed by atoms with E-state index in [4.69, 9.17) is 0 Å². The predicted octanol–water partition coefficient (Wildman–Crippen LogP) is 2.85. The van der Waals surface area contributed by atoms with Crippen molar-refractivity contribution >= 4 is 23.3 Å². The van der Waals surface area contributed by atoms with Crippen molar-refractivity contribution in [3.8, 4) is 0 Å². The maximum Gasteiger partial charge on any atom is 0.142 e. The van der Waals surface area contributed by atoms with Crippen LogP contribution in [0.5, 0.6) is 0 Å². The molecule has 2 nitrogen and oxygen atoms in total. The molecule has 0 atom stereocenters. The van der Waals surface area contributed by atoms with E-state index in [0.29, 0.717) is 24.4 Å². The third-order valence-electron chi connectivity index (χ3n) is 2.04. The topological polar surface area (TPSA) is 34.1 Å². The van der Waals surface area contributed by atoms with E-state index in [2.05, 4.69) is 0 Å². The summed E-state index contributed by atoms with van der Waals surface area (Å²) in [6, 6.07) is 0. The average molecular weight is 216 g/mol. The molecule has 0 aliphatic carbocycles. The summed E-state index contributed by atoms with van der Waals surface area (Å²) in [4.78, 5) is 21.7. The lowest BCUT2D eigenvalue weighted by Crippen LogP contribution is -2.00. The molecule has 0 heterocycles. The number of carbonyl (C=O) groups excluding carboxylic acids is 2. The minimum Gasteiger partial charge on any atom is -0.300 e. The molecule has 0 N–H and O–H groups in total. The molecule has 0 saturated heterocycles. The van der Waals surface area contributed by atoms with Crippen molar-refractivity contribution in [1.29, 1.82) is 0 Å². The zero-order chi connectivity index (χ0) is 10.8. The smallest absolute Gasteiger partial charge is 0.142 e. The van der Waals surface area contributed by atoms with Gasteiger partial charge in [0.25, 0.3) is 0 Å². The van der Waals surface area contributed by atoms with E-state index in [1.54, 1.807) is 18.7 Å². The van der Waals surface area contributed by atoms with Gasteiger partial charge in [0.05, 0.1) is 5.75 Å². The van der Waals surface area contributed by atoms with Gasteiger partial charge in [0.2, 0.25) is 0 Å². The largest absolute Gasteiger partial charge is 0.300 e. The average Bonchev–Trinajstić information content (AvgIpc) is 2.11. The molecule has 82 valence electrons. The zero-order valence-corrected chi connectivity index (χ0v) is 9.99. The number of Topliss-reactive ketones (excluding diaryl/α,β-unsaturated/α-hetero) is 2. The Labute approximate surface area is 90.8 Å². The van der Waals surface area contributed by atoms with Crippen LogP contribution >= 0.6 is 11.8 Å². The second-order valence-corrected chi connectivity index (χ2v) is 4.45. The summed E-state index contributed by atoms with van der Waals surface area (Å²) < 4.78 is 0. The Morgan fingerprint density at radius 3 is 2.07 bits per heavy atom. The van der Waals surface area contributed by atoms with Gasteiger partial charge in [0.15, 0.2) is 0 Å². The first-order valence-electron chi connectivity index (χ1n) is 5.17. The lowest BCUT2D eigenvalue weighted by Gasteiger charge is -1.99. The molecule has 0 unspecified atom stereocenters. The number of carbonyl (C=O) groups is 2. The highest BCUT2D eigenvalue weighted by Gasteiger charge is 2.00. The van der Waals surface area contributed by atoms with Crippen LogP contribution in [0.15, 0.2) is 0 Å². The van der Waals surface area contributed by atoms with E-state index in [0.717, 1.165) is 25.7 Å². The van der Waals surface area contributed by atoms with Gasteiger partial charge in [0, 0.05) is 12.8 Å². The number of ketones is 2. The second kappa shape index (κ2) is 9.25. The van der Waals surface area contributed by atoms with Crippen LogP contribution in [0.4, 0.5) is 0 Å². The highest BCUT2D eigenvalue weighted by Crippen LogP contribution is 2.07. The Hall–Kier alpha value is -0.310. The van der Waals surface area contributed by atoms with Crippen LogP contribution in [0.1, 0.15) is 45.4 Å². The van der Waals surface area contributed by atoms with Gasteiger partial charge in [-0.25, -0.2) is 0 Å². The van der Waals surface area contributed by atoms with Gasteiger partial charge in [-0.05, 0) is 26.0 Å². The Balaban J connectivity index is 3.13. The van der Waals surface area contributed by atoms with Gasteiger partial charge < -0.3 is 4.79 Å². The van der Waals surface area contributed by atoms with Gasteiger partial charge in [0.1, 0.15) is 11.6 Å². The second-order valence-electron chi connectivity index (χ2n) is 3.59. The lowest BCUT2D eigenvalue weighted by atomic mass is 10.1. The van der Waals surface area contributed by atoms with Crippen molar-refractivity contribution in [3.63, 3.8) is 0 Å². The van der Waals surface area contributed by atoms with Crippen LogP contribution in [-0.4, -0.2) is 23.6 Å². The molecular weight excluding hydrogens is 196 g/mol. The summed E-state index contributed by atoms with van der Waals surface area (Å²) in [5, 5.41) is 0. The molecule has 0 bridgehead atoms. The fourth-order valence-corrected chi connectivity index (χ4v) is 1.75. The number of hydrogen-bond acceptors (Lipinski definition) is 3. The number of hydrogen-bond donors (Lipinski definition) is 0. The molecule has 0 spiro atoms. The first-order valence-corrected chi connectivity index (χ1v) is 6.56. The Bertz CT molecular complexity index is 178. The van der Waals surface area contributed by atoms with Gasteiger partial charge in [-0.15, -0.1) is 0 Å². The molecule has 0 amide bonds. The molecule has 0 radical (unpaired) electrons. The Kier molecular flexibility index (Phi) is 9.05. The Morgan fingerprint density at radius 1 is 1.00 bits per heavy atom. The Morgan fingerprint density at radius 2 is 1.57 bits per heavy atom. The number of thioether (sulfide) groups is 1. The molecule has 0 aromatic carbocycles. The van der Waals surface area contributed by atoms with E-state index >= 15 is 0 Å². The summed E-state index contributed by atoms with van der Waals surface area (Å²) in [7, 11) is 0. The van der Waals surface area contributed by atoms with Crippen LogP contribution in [0.2, 0.25) is 0 Å². The maximum atomic E-state index is 11.1. The summed E-state index contributed by atoms with van der Waals surface area (Å²) in [6.07, 6.45) is 7.47. The minimum atomic E-state index is 0.267. The van der Waals surface area contributed by atoms with E-state index in [-0.39, 0.29) is 5.78 Å². The van der Waals surface area contributed by atoms with Crippen molar-refractivity contribution in [2.45, 2.75) is 45.4 Å². The fourth-order valence-electron chi connectivity index (χ4n) is 1.28. The first-order chi connectivity index (χ1) is 6.66. The monoisotopic (exact) mass is 216 g/mol. The third-order valence-corrected chi connectivity index (χ3v) is 2.65. The third kappa shape index (κ3) is 9.78. The highest BCUT2D eigenvalue weighted by atomic mass is 32.2. The van der Waals surface area contributed by atoms with E-state index < -0.39 is 0 Å². The molecule has 0 rings (SSSR count). The maximum absolute atomic E-state index is 11.1. The van der Waals surface area contributed by atoms with E-state index in [9.17, 15) is 9.59 Å². The van der Waals surface area contributed by atoms with Gasteiger partial charge in [-0.2, -0.15) is 11.8 Å². The molecule has 0 aromatic heterocycles. The van der Waals surface area contributed by atoms with Crippen LogP contribution in [0, 0.1) is 0 Å². The molecule has 0 aliphatic heterocycles. The van der Waals surface area contributed by atoms with Crippen LogP contribution in [0.3, 0.4) is 0 Å². The highest BCUT2D eigenvalue weighted by molar-refractivity contribution is 7.99.